The molecule has 1 saturated heterocycles. The number of nitrogens with zero attached hydrogens (tertiary/aromatic N) is 2. The number of thioether (sulfide) groups is 1. The average Bonchev–Trinajstić information content (AvgIpc) is 3.59. The average molecular weight is 709 g/mol. The Morgan fingerprint density at radius 2 is 1.37 bits per heavy atom. The maximum atomic E-state index is 13.9. The molecule has 5 aromatic rings. The number of carbonyl (C=O) groups is 1. The highest BCUT2D eigenvalue weighted by Crippen LogP contribution is 2.43. The fourth-order valence-corrected chi connectivity index (χ4v) is 6.74. The number of carbonyl (C=O) groups excluding carboxylic acids is 1. The van der Waals surface area contributed by atoms with Gasteiger partial charge in [0, 0.05) is 23.7 Å². The van der Waals surface area contributed by atoms with E-state index in [1.807, 2.05) is 85.1 Å². The van der Waals surface area contributed by atoms with Crippen LogP contribution in [-0.2, 0) is 19.8 Å². The number of aryl methyl sites for hydroxylation is 1. The van der Waals surface area contributed by atoms with Crippen molar-refractivity contribution in [1.29, 1.82) is 0 Å². The third-order valence-electron chi connectivity index (χ3n) is 9.04. The molecule has 0 unspecified atom stereocenters. The number of hydrogen-bond acceptors (Lipinski definition) is 9. The van der Waals surface area contributed by atoms with Crippen LogP contribution >= 0.6 is 11.8 Å². The molecular formula is C40H40N2O8S. The van der Waals surface area contributed by atoms with Crippen LogP contribution < -0.4 is 20.7 Å². The van der Waals surface area contributed by atoms with Gasteiger partial charge in [-0.3, -0.25) is 14.2 Å². The van der Waals surface area contributed by atoms with Crippen LogP contribution in [0.3, 0.4) is 0 Å². The minimum Gasteiger partial charge on any atom is -0.497 e. The molecule has 0 amide bonds. The van der Waals surface area contributed by atoms with Gasteiger partial charge < -0.3 is 23.7 Å². The molecule has 11 heteroatoms. The zero-order chi connectivity index (χ0) is 36.0. The smallest absolute Gasteiger partial charge is 0.340 e. The van der Waals surface area contributed by atoms with Crippen molar-refractivity contribution in [1.82, 2.24) is 9.13 Å². The number of methoxy groups -OCH3 is 2. The summed E-state index contributed by atoms with van der Waals surface area (Å²) in [5.41, 5.74) is 0.482. The second-order valence-corrected chi connectivity index (χ2v) is 12.9. The number of rotatable bonds is 13. The Hall–Kier alpha value is -4.94. The lowest BCUT2D eigenvalue weighted by Crippen LogP contribution is -2.45. The fourth-order valence-electron chi connectivity index (χ4n) is 6.43. The molecule has 1 aliphatic rings. The first-order valence-electron chi connectivity index (χ1n) is 16.5. The maximum Gasteiger partial charge on any atom is 0.340 e. The standard InChI is InChI=1S/C40H40N2O8S/c1-27-24-41(39(45)42(37(27)43)38(44)28-11-7-5-8-12-28)36-23-34(48-26-51-4)35(50-36)25-49-40(29-13-9-6-10-14-29,30-15-19-32(46-2)20-16-30)31-17-21-33(47-3)22-18-31/h5-22,24,34-36H,23,25-26H2,1-4H3/t34-,35+,36+/m0/s1. The summed E-state index contributed by atoms with van der Waals surface area (Å²) in [7, 11) is 3.25. The Labute approximate surface area is 300 Å². The summed E-state index contributed by atoms with van der Waals surface area (Å²) in [5, 5.41) is 0. The molecule has 0 radical (unpaired) electrons. The van der Waals surface area contributed by atoms with E-state index in [-0.39, 0.29) is 24.2 Å². The van der Waals surface area contributed by atoms with E-state index in [9.17, 15) is 14.4 Å². The Balaban J connectivity index is 1.40. The van der Waals surface area contributed by atoms with Gasteiger partial charge in [0.05, 0.1) is 32.9 Å². The second-order valence-electron chi connectivity index (χ2n) is 12.1. The van der Waals surface area contributed by atoms with E-state index in [2.05, 4.69) is 0 Å². The van der Waals surface area contributed by atoms with E-state index in [0.29, 0.717) is 22.0 Å². The number of ether oxygens (including phenoxy) is 5. The van der Waals surface area contributed by atoms with E-state index >= 15 is 0 Å². The maximum absolute atomic E-state index is 13.9. The van der Waals surface area contributed by atoms with Gasteiger partial charge in [0.25, 0.3) is 11.5 Å². The summed E-state index contributed by atoms with van der Waals surface area (Å²) in [6.45, 7) is 1.64. The quantitative estimate of drug-likeness (QED) is 0.107. The molecule has 0 saturated carbocycles. The molecule has 2 heterocycles. The second kappa shape index (κ2) is 15.9. The lowest BCUT2D eigenvalue weighted by atomic mass is 9.80. The normalized spacial score (nSPS) is 17.3. The van der Waals surface area contributed by atoms with Crippen LogP contribution in [-0.4, -0.2) is 60.3 Å². The molecule has 264 valence electrons. The monoisotopic (exact) mass is 708 g/mol. The van der Waals surface area contributed by atoms with Crippen molar-refractivity contribution in [3.05, 3.63) is 164 Å². The summed E-state index contributed by atoms with van der Waals surface area (Å²) in [6, 6.07) is 33.7. The van der Waals surface area contributed by atoms with Crippen molar-refractivity contribution >= 4 is 17.7 Å². The predicted octanol–water partition coefficient (Wildman–Crippen LogP) is 6.03. The molecular weight excluding hydrogens is 669 g/mol. The van der Waals surface area contributed by atoms with E-state index in [0.717, 1.165) is 16.7 Å². The summed E-state index contributed by atoms with van der Waals surface area (Å²) in [4.78, 5) is 40.5. The van der Waals surface area contributed by atoms with Gasteiger partial charge in [0.1, 0.15) is 29.4 Å². The summed E-state index contributed by atoms with van der Waals surface area (Å²) in [5.74, 6) is 1.09. The predicted molar refractivity (Wildman–Crippen MR) is 196 cm³/mol. The molecule has 3 atom stereocenters. The zero-order valence-corrected chi connectivity index (χ0v) is 29.7. The van der Waals surface area contributed by atoms with Gasteiger partial charge in [-0.05, 0) is 66.3 Å². The van der Waals surface area contributed by atoms with E-state index in [4.69, 9.17) is 23.7 Å². The lowest BCUT2D eigenvalue weighted by molar-refractivity contribution is -0.100. The van der Waals surface area contributed by atoms with Crippen LogP contribution in [0, 0.1) is 6.92 Å². The van der Waals surface area contributed by atoms with Crippen LogP contribution in [0.4, 0.5) is 0 Å². The third kappa shape index (κ3) is 7.29. The highest BCUT2D eigenvalue weighted by Gasteiger charge is 2.43. The number of aromatic nitrogens is 2. The summed E-state index contributed by atoms with van der Waals surface area (Å²) >= 11 is 1.52. The van der Waals surface area contributed by atoms with Crippen LogP contribution in [0.25, 0.3) is 0 Å². The molecule has 0 bridgehead atoms. The molecule has 4 aromatic carbocycles. The van der Waals surface area contributed by atoms with E-state index < -0.39 is 41.2 Å². The number of benzene rings is 4. The highest BCUT2D eigenvalue weighted by atomic mass is 32.2. The Morgan fingerprint density at radius 1 is 0.824 bits per heavy atom. The van der Waals surface area contributed by atoms with Gasteiger partial charge in [0.2, 0.25) is 0 Å². The van der Waals surface area contributed by atoms with Crippen molar-refractivity contribution in [3.8, 4) is 11.5 Å². The highest BCUT2D eigenvalue weighted by molar-refractivity contribution is 7.98. The molecule has 6 rings (SSSR count). The molecule has 1 aliphatic heterocycles. The summed E-state index contributed by atoms with van der Waals surface area (Å²) < 4.78 is 32.9. The van der Waals surface area contributed by atoms with Crippen LogP contribution in [0.15, 0.2) is 125 Å². The molecule has 0 spiro atoms. The van der Waals surface area contributed by atoms with Gasteiger partial charge >= 0.3 is 5.69 Å². The molecule has 51 heavy (non-hydrogen) atoms. The molecule has 0 aliphatic carbocycles. The minimum absolute atomic E-state index is 0.0683. The van der Waals surface area contributed by atoms with Gasteiger partial charge in [0.15, 0.2) is 0 Å². The van der Waals surface area contributed by atoms with Crippen LogP contribution in [0.2, 0.25) is 0 Å². The topological polar surface area (TPSA) is 107 Å². The molecule has 1 fully saturated rings. The van der Waals surface area contributed by atoms with Crippen LogP contribution in [0.1, 0.15) is 45.3 Å². The Morgan fingerprint density at radius 3 is 1.92 bits per heavy atom. The van der Waals surface area contributed by atoms with Crippen molar-refractivity contribution < 1.29 is 28.5 Å². The molecule has 1 aromatic heterocycles. The first-order valence-corrected chi connectivity index (χ1v) is 17.9. The van der Waals surface area contributed by atoms with Gasteiger partial charge in [-0.15, -0.1) is 11.8 Å². The summed E-state index contributed by atoms with van der Waals surface area (Å²) in [6.07, 6.45) is 1.74. The molecule has 10 nitrogen and oxygen atoms in total. The van der Waals surface area contributed by atoms with Gasteiger partial charge in [-0.1, -0.05) is 72.8 Å². The Bertz CT molecular complexity index is 2000. The third-order valence-corrected chi connectivity index (χ3v) is 9.41. The SMILES string of the molecule is COc1ccc(C(OC[C@H]2O[C@@H](n3cc(C)c(=O)n(C(=O)c4ccccc4)c3=O)C[C@@H]2OCSC)(c2ccccc2)c2ccc(OC)cc2)cc1. The molecule has 0 N–H and O–H groups in total. The van der Waals surface area contributed by atoms with E-state index in [1.54, 1.807) is 51.5 Å². The zero-order valence-electron chi connectivity index (χ0n) is 28.9. The first kappa shape index (κ1) is 35.9. The van der Waals surface area contributed by atoms with E-state index in [1.165, 1.54) is 22.5 Å². The minimum atomic E-state index is -1.10. The van der Waals surface area contributed by atoms with Crippen molar-refractivity contribution in [2.75, 3.05) is 33.0 Å². The largest absolute Gasteiger partial charge is 0.497 e. The van der Waals surface area contributed by atoms with Crippen LogP contribution in [0.5, 0.6) is 11.5 Å². The Kier molecular flexibility index (Phi) is 11.2. The van der Waals surface area contributed by atoms with Crippen molar-refractivity contribution in [2.24, 2.45) is 0 Å². The first-order chi connectivity index (χ1) is 24.8. The van der Waals surface area contributed by atoms with Crippen molar-refractivity contribution in [2.45, 2.75) is 37.4 Å². The number of hydrogen-bond donors (Lipinski definition) is 0. The fraction of sp³-hybridized carbons (Fsp3) is 0.275. The lowest BCUT2D eigenvalue weighted by Gasteiger charge is -2.37. The van der Waals surface area contributed by atoms with Crippen molar-refractivity contribution in [3.63, 3.8) is 0 Å². The van der Waals surface area contributed by atoms with Gasteiger partial charge in [-0.2, -0.15) is 4.57 Å². The van der Waals surface area contributed by atoms with Gasteiger partial charge in [-0.25, -0.2) is 4.79 Å².